The lowest BCUT2D eigenvalue weighted by Gasteiger charge is -2.15. The van der Waals surface area contributed by atoms with Crippen molar-refractivity contribution in [2.75, 3.05) is 0 Å². The highest BCUT2D eigenvalue weighted by Gasteiger charge is 2.37. The standard InChI is InChI=1S/C12H10F3N3O.ClH/c13-12(14,15)10(16)6-18-11-7(5-17-18)1-2-9-8(11)3-4-19-9;/h1-5,10H,6,16H2;1H. The maximum atomic E-state index is 12.5. The van der Waals surface area contributed by atoms with Crippen LogP contribution in [0.5, 0.6) is 0 Å². The second kappa shape index (κ2) is 4.99. The number of furan rings is 1. The minimum atomic E-state index is -4.44. The van der Waals surface area contributed by atoms with E-state index in [4.69, 9.17) is 10.2 Å². The zero-order valence-corrected chi connectivity index (χ0v) is 10.9. The fourth-order valence-corrected chi connectivity index (χ4v) is 2.06. The molecule has 0 bridgehead atoms. The Morgan fingerprint density at radius 3 is 2.75 bits per heavy atom. The monoisotopic (exact) mass is 305 g/mol. The number of benzene rings is 1. The van der Waals surface area contributed by atoms with Gasteiger partial charge in [-0.05, 0) is 18.2 Å². The molecule has 0 fully saturated rings. The van der Waals surface area contributed by atoms with Crippen LogP contribution in [0.2, 0.25) is 0 Å². The minimum Gasteiger partial charge on any atom is -0.464 e. The van der Waals surface area contributed by atoms with Gasteiger partial charge in [0.1, 0.15) is 11.6 Å². The van der Waals surface area contributed by atoms with E-state index < -0.39 is 18.8 Å². The number of halogens is 4. The van der Waals surface area contributed by atoms with Gasteiger partial charge in [0.2, 0.25) is 0 Å². The third kappa shape index (κ3) is 2.34. The molecular formula is C12H11ClF3N3O. The Kier molecular flexibility index (Phi) is 3.66. The number of nitrogens with zero attached hydrogens (tertiary/aromatic N) is 2. The minimum absolute atomic E-state index is 0. The van der Waals surface area contributed by atoms with E-state index in [1.807, 2.05) is 0 Å². The normalized spacial score (nSPS) is 13.6. The predicted octanol–water partition coefficient (Wildman–Crippen LogP) is 3.09. The average Bonchev–Trinajstić information content (AvgIpc) is 2.92. The van der Waals surface area contributed by atoms with Crippen molar-refractivity contribution in [2.24, 2.45) is 5.73 Å². The predicted molar refractivity (Wildman–Crippen MR) is 70.8 cm³/mol. The van der Waals surface area contributed by atoms with Gasteiger partial charge in [-0.3, -0.25) is 4.68 Å². The van der Waals surface area contributed by atoms with Gasteiger partial charge in [-0.25, -0.2) is 0 Å². The van der Waals surface area contributed by atoms with Gasteiger partial charge in [0.25, 0.3) is 0 Å². The average molecular weight is 306 g/mol. The van der Waals surface area contributed by atoms with Crippen molar-refractivity contribution < 1.29 is 17.6 Å². The maximum absolute atomic E-state index is 12.5. The second-order valence-electron chi connectivity index (χ2n) is 4.31. The molecular weight excluding hydrogens is 295 g/mol. The van der Waals surface area contributed by atoms with Gasteiger partial charge in [-0.15, -0.1) is 12.4 Å². The lowest BCUT2D eigenvalue weighted by atomic mass is 10.2. The Labute approximate surface area is 117 Å². The first-order valence-corrected chi connectivity index (χ1v) is 5.61. The van der Waals surface area contributed by atoms with E-state index in [0.717, 1.165) is 10.8 Å². The van der Waals surface area contributed by atoms with Gasteiger partial charge >= 0.3 is 6.18 Å². The quantitative estimate of drug-likeness (QED) is 0.791. The number of hydrogen-bond donors (Lipinski definition) is 1. The van der Waals surface area contributed by atoms with Crippen LogP contribution < -0.4 is 5.73 Å². The first-order chi connectivity index (χ1) is 8.97. The van der Waals surface area contributed by atoms with Crippen molar-refractivity contribution in [2.45, 2.75) is 18.8 Å². The largest absolute Gasteiger partial charge is 0.464 e. The molecule has 0 spiro atoms. The Hall–Kier alpha value is -1.73. The van der Waals surface area contributed by atoms with Crippen LogP contribution in [-0.4, -0.2) is 22.0 Å². The molecule has 0 amide bonds. The molecule has 4 nitrogen and oxygen atoms in total. The second-order valence-corrected chi connectivity index (χ2v) is 4.31. The van der Waals surface area contributed by atoms with Crippen LogP contribution in [0.15, 0.2) is 35.1 Å². The highest BCUT2D eigenvalue weighted by atomic mass is 35.5. The molecule has 20 heavy (non-hydrogen) atoms. The maximum Gasteiger partial charge on any atom is 0.405 e. The fourth-order valence-electron chi connectivity index (χ4n) is 2.06. The van der Waals surface area contributed by atoms with Crippen LogP contribution in [0.1, 0.15) is 0 Å². The van der Waals surface area contributed by atoms with Crippen LogP contribution in [0, 0.1) is 0 Å². The Morgan fingerprint density at radius 2 is 2.05 bits per heavy atom. The van der Waals surface area contributed by atoms with Crippen LogP contribution in [0.3, 0.4) is 0 Å². The van der Waals surface area contributed by atoms with Gasteiger partial charge in [0.05, 0.1) is 24.5 Å². The molecule has 8 heteroatoms. The van der Waals surface area contributed by atoms with E-state index in [-0.39, 0.29) is 12.4 Å². The summed E-state index contributed by atoms with van der Waals surface area (Å²) in [4.78, 5) is 0. The van der Waals surface area contributed by atoms with Crippen LogP contribution in [-0.2, 0) is 6.54 Å². The zero-order chi connectivity index (χ0) is 13.6. The van der Waals surface area contributed by atoms with Crippen molar-refractivity contribution in [3.05, 3.63) is 30.7 Å². The Morgan fingerprint density at radius 1 is 1.30 bits per heavy atom. The van der Waals surface area contributed by atoms with Crippen molar-refractivity contribution in [3.8, 4) is 0 Å². The molecule has 2 aromatic heterocycles. The summed E-state index contributed by atoms with van der Waals surface area (Å²) < 4.78 is 44.0. The van der Waals surface area contributed by atoms with Crippen molar-refractivity contribution in [1.29, 1.82) is 0 Å². The van der Waals surface area contributed by atoms with Crippen molar-refractivity contribution in [1.82, 2.24) is 9.78 Å². The van der Waals surface area contributed by atoms with Crippen molar-refractivity contribution in [3.63, 3.8) is 0 Å². The highest BCUT2D eigenvalue weighted by Crippen LogP contribution is 2.27. The van der Waals surface area contributed by atoms with E-state index in [1.165, 1.54) is 17.1 Å². The van der Waals surface area contributed by atoms with Crippen LogP contribution in [0.4, 0.5) is 13.2 Å². The van der Waals surface area contributed by atoms with Gasteiger partial charge in [0, 0.05) is 10.8 Å². The molecule has 0 aliphatic rings. The summed E-state index contributed by atoms with van der Waals surface area (Å²) in [5.74, 6) is 0. The number of aromatic nitrogens is 2. The summed E-state index contributed by atoms with van der Waals surface area (Å²) in [5, 5.41) is 5.45. The summed E-state index contributed by atoms with van der Waals surface area (Å²) in [6.07, 6.45) is -1.43. The molecule has 2 heterocycles. The molecule has 0 saturated heterocycles. The molecule has 0 saturated carbocycles. The molecule has 1 unspecified atom stereocenters. The molecule has 1 aromatic carbocycles. The Balaban J connectivity index is 0.00000147. The van der Waals surface area contributed by atoms with E-state index in [1.54, 1.807) is 18.2 Å². The van der Waals surface area contributed by atoms with Gasteiger partial charge in [-0.2, -0.15) is 18.3 Å². The number of alkyl halides is 3. The number of nitrogens with two attached hydrogens (primary N) is 1. The molecule has 0 aliphatic carbocycles. The lowest BCUT2D eigenvalue weighted by molar-refractivity contribution is -0.150. The fraction of sp³-hybridized carbons (Fsp3) is 0.250. The van der Waals surface area contributed by atoms with Crippen molar-refractivity contribution >= 4 is 34.3 Å². The Bertz CT molecular complexity index is 734. The molecule has 0 aliphatic heterocycles. The number of hydrogen-bond acceptors (Lipinski definition) is 3. The molecule has 108 valence electrons. The topological polar surface area (TPSA) is 57.0 Å². The lowest BCUT2D eigenvalue weighted by Crippen LogP contribution is -2.41. The van der Waals surface area contributed by atoms with Gasteiger partial charge in [0.15, 0.2) is 0 Å². The SMILES string of the molecule is Cl.NC(Cn1ncc2ccc3occc3c21)C(F)(F)F. The molecule has 3 rings (SSSR count). The summed E-state index contributed by atoms with van der Waals surface area (Å²) in [6.45, 7) is -0.419. The van der Waals surface area contributed by atoms with E-state index in [9.17, 15) is 13.2 Å². The third-order valence-corrected chi connectivity index (χ3v) is 3.02. The van der Waals surface area contributed by atoms with Gasteiger partial charge in [-0.1, -0.05) is 0 Å². The summed E-state index contributed by atoms with van der Waals surface area (Å²) in [7, 11) is 0. The highest BCUT2D eigenvalue weighted by molar-refractivity contribution is 6.03. The van der Waals surface area contributed by atoms with E-state index in [2.05, 4.69) is 5.10 Å². The van der Waals surface area contributed by atoms with Crippen LogP contribution >= 0.6 is 12.4 Å². The molecule has 3 aromatic rings. The molecule has 2 N–H and O–H groups in total. The first-order valence-electron chi connectivity index (χ1n) is 5.61. The zero-order valence-electron chi connectivity index (χ0n) is 10.1. The summed E-state index contributed by atoms with van der Waals surface area (Å²) >= 11 is 0. The molecule has 1 atom stereocenters. The first kappa shape index (κ1) is 14.7. The number of fused-ring (bicyclic) bond motifs is 3. The molecule has 0 radical (unpaired) electrons. The summed E-state index contributed by atoms with van der Waals surface area (Å²) in [6, 6.07) is 3.27. The van der Waals surface area contributed by atoms with Crippen LogP contribution in [0.25, 0.3) is 21.9 Å². The van der Waals surface area contributed by atoms with E-state index in [0.29, 0.717) is 11.1 Å². The third-order valence-electron chi connectivity index (χ3n) is 3.02. The smallest absolute Gasteiger partial charge is 0.405 e. The van der Waals surface area contributed by atoms with E-state index >= 15 is 0 Å². The summed E-state index contributed by atoms with van der Waals surface area (Å²) in [5.41, 5.74) is 6.35. The number of rotatable bonds is 2. The van der Waals surface area contributed by atoms with Gasteiger partial charge < -0.3 is 10.2 Å².